The molecule has 1 aromatic rings. The number of aliphatic hydroxyl groups excluding tert-OH is 3. The number of hydrogen-bond acceptors (Lipinski definition) is 7. The van der Waals surface area contributed by atoms with Gasteiger partial charge in [-0.1, -0.05) is 12.8 Å². The Bertz CT molecular complexity index is 743. The van der Waals surface area contributed by atoms with Crippen LogP contribution in [-0.2, 0) is 16.1 Å². The highest BCUT2D eigenvalue weighted by Gasteiger charge is 2.48. The fourth-order valence-corrected chi connectivity index (χ4v) is 5.11. The molecule has 11 heteroatoms. The highest BCUT2D eigenvalue weighted by Crippen LogP contribution is 2.27. The maximum atomic E-state index is 13.1. The van der Waals surface area contributed by atoms with Crippen molar-refractivity contribution in [1.82, 2.24) is 20.2 Å². The molecule has 0 aromatic carbocycles. The van der Waals surface area contributed by atoms with Gasteiger partial charge in [-0.3, -0.25) is 9.18 Å². The molecule has 9 nitrogen and oxygen atoms in total. The van der Waals surface area contributed by atoms with Gasteiger partial charge in [0.2, 0.25) is 5.91 Å². The summed E-state index contributed by atoms with van der Waals surface area (Å²) >= 11 is 6.41. The van der Waals surface area contributed by atoms with E-state index in [1.54, 1.807) is 30.2 Å². The smallest absolute Gasteiger partial charge is 0.237 e. The number of aliphatic hydroxyl groups is 3. The minimum atomic E-state index is -1.46. The third-order valence-electron chi connectivity index (χ3n) is 6.98. The first-order valence-corrected chi connectivity index (χ1v) is 12.6. The quantitative estimate of drug-likeness (QED) is 0.235. The van der Waals surface area contributed by atoms with Crippen molar-refractivity contribution < 1.29 is 29.2 Å². The van der Waals surface area contributed by atoms with Crippen LogP contribution in [0.25, 0.3) is 0 Å². The minimum absolute atomic E-state index is 0.215. The number of amides is 1. The summed E-state index contributed by atoms with van der Waals surface area (Å²) in [6, 6.07) is -1.20. The number of halogens is 2. The molecule has 0 saturated carbocycles. The Balaban J connectivity index is 1.63. The van der Waals surface area contributed by atoms with Crippen molar-refractivity contribution in [1.29, 1.82) is 0 Å². The van der Waals surface area contributed by atoms with Crippen LogP contribution in [0.15, 0.2) is 18.7 Å². The van der Waals surface area contributed by atoms with Crippen LogP contribution in [0, 0.1) is 5.92 Å². The lowest BCUT2D eigenvalue weighted by molar-refractivity contribution is -0.231. The Morgan fingerprint density at radius 3 is 2.74 bits per heavy atom. The Hall–Kier alpha value is -1.30. The van der Waals surface area contributed by atoms with Gasteiger partial charge < -0.3 is 35.3 Å². The van der Waals surface area contributed by atoms with Crippen molar-refractivity contribution in [2.45, 2.75) is 100.0 Å². The lowest BCUT2D eigenvalue weighted by Crippen LogP contribution is -2.66. The van der Waals surface area contributed by atoms with E-state index in [1.165, 1.54) is 0 Å². The molecule has 0 radical (unpaired) electrons. The molecule has 2 aliphatic rings. The molecule has 1 aromatic heterocycles. The van der Waals surface area contributed by atoms with Crippen LogP contribution in [0.1, 0.15) is 45.4 Å². The Morgan fingerprint density at radius 2 is 2.06 bits per heavy atom. The average molecular weight is 505 g/mol. The van der Waals surface area contributed by atoms with E-state index >= 15 is 0 Å². The second-order valence-corrected chi connectivity index (χ2v) is 10.2. The zero-order valence-electron chi connectivity index (χ0n) is 19.6. The van der Waals surface area contributed by atoms with E-state index in [4.69, 9.17) is 16.3 Å². The van der Waals surface area contributed by atoms with E-state index < -0.39 is 48.0 Å². The second kappa shape index (κ2) is 13.1. The van der Waals surface area contributed by atoms with Crippen LogP contribution in [0.5, 0.6) is 0 Å². The minimum Gasteiger partial charge on any atom is -0.388 e. The zero-order chi connectivity index (χ0) is 24.7. The van der Waals surface area contributed by atoms with E-state index in [0.29, 0.717) is 25.3 Å². The van der Waals surface area contributed by atoms with Gasteiger partial charge in [0.05, 0.1) is 37.0 Å². The number of unbranched alkanes of at least 4 members (excludes halogenated alkanes) is 1. The predicted molar refractivity (Wildman–Crippen MR) is 125 cm³/mol. The van der Waals surface area contributed by atoms with Crippen molar-refractivity contribution in [3.05, 3.63) is 18.7 Å². The Morgan fingerprint density at radius 1 is 1.26 bits per heavy atom. The molecule has 1 amide bonds. The van der Waals surface area contributed by atoms with Gasteiger partial charge in [-0.05, 0) is 45.1 Å². The van der Waals surface area contributed by atoms with Crippen molar-refractivity contribution in [2.75, 3.05) is 13.2 Å². The van der Waals surface area contributed by atoms with Crippen molar-refractivity contribution in [3.63, 3.8) is 0 Å². The summed E-state index contributed by atoms with van der Waals surface area (Å²) in [5.41, 5.74) is 0. The predicted octanol–water partition coefficient (Wildman–Crippen LogP) is 0.743. The molecule has 2 aliphatic heterocycles. The number of alkyl halides is 2. The topological polar surface area (TPSA) is 129 Å². The van der Waals surface area contributed by atoms with Crippen LogP contribution >= 0.6 is 11.6 Å². The van der Waals surface area contributed by atoms with Gasteiger partial charge in [0.1, 0.15) is 30.5 Å². The van der Waals surface area contributed by atoms with Gasteiger partial charge in [-0.25, -0.2) is 4.98 Å². The van der Waals surface area contributed by atoms with Crippen molar-refractivity contribution >= 4 is 17.5 Å². The second-order valence-electron chi connectivity index (χ2n) is 9.51. The molecular weight excluding hydrogens is 467 g/mol. The Kier molecular flexibility index (Phi) is 10.5. The molecule has 2 fully saturated rings. The van der Waals surface area contributed by atoms with Gasteiger partial charge in [0.25, 0.3) is 0 Å². The summed E-state index contributed by atoms with van der Waals surface area (Å²) < 4.78 is 20.1. The maximum Gasteiger partial charge on any atom is 0.237 e. The number of ether oxygens (including phenoxy) is 1. The number of nitrogens with zero attached hydrogens (tertiary/aromatic N) is 2. The molecule has 9 atom stereocenters. The van der Waals surface area contributed by atoms with Crippen LogP contribution < -0.4 is 10.6 Å². The summed E-state index contributed by atoms with van der Waals surface area (Å²) in [5, 5.41) is 37.2. The molecule has 3 heterocycles. The van der Waals surface area contributed by atoms with Crippen molar-refractivity contribution in [2.24, 2.45) is 5.92 Å². The van der Waals surface area contributed by atoms with E-state index in [9.17, 15) is 24.5 Å². The number of hydrogen-bond donors (Lipinski definition) is 5. The first-order chi connectivity index (χ1) is 16.3. The molecule has 3 unspecified atom stereocenters. The highest BCUT2D eigenvalue weighted by atomic mass is 35.5. The zero-order valence-corrected chi connectivity index (χ0v) is 20.4. The summed E-state index contributed by atoms with van der Waals surface area (Å²) in [4.78, 5) is 17.1. The van der Waals surface area contributed by atoms with E-state index in [2.05, 4.69) is 15.6 Å². The van der Waals surface area contributed by atoms with Gasteiger partial charge in [0, 0.05) is 12.4 Å². The molecule has 34 heavy (non-hydrogen) atoms. The highest BCUT2D eigenvalue weighted by molar-refractivity contribution is 6.21. The number of rotatable bonds is 10. The lowest BCUT2D eigenvalue weighted by atomic mass is 9.89. The summed E-state index contributed by atoms with van der Waals surface area (Å²) in [6.45, 7) is 2.30. The summed E-state index contributed by atoms with van der Waals surface area (Å²) in [6.07, 6.45) is 3.68. The van der Waals surface area contributed by atoms with E-state index in [1.807, 2.05) is 0 Å². The normalized spacial score (nSPS) is 34.2. The first-order valence-electron chi connectivity index (χ1n) is 12.2. The van der Waals surface area contributed by atoms with Crippen LogP contribution in [0.2, 0.25) is 0 Å². The number of nitrogens with one attached hydrogen (secondary N) is 2. The monoisotopic (exact) mass is 504 g/mol. The molecule has 0 aliphatic carbocycles. The van der Waals surface area contributed by atoms with Gasteiger partial charge in [-0.2, -0.15) is 0 Å². The van der Waals surface area contributed by atoms with Crippen LogP contribution in [-0.4, -0.2) is 92.0 Å². The SMILES string of the molecule is C[C@H](Cl)[C@@H](NC(=O)[C@@H]1CC[C@H](CCCCF)CCN1)[C@H]1OC(Cn2ccnc2)[C@H](O)C(O)C1O. The van der Waals surface area contributed by atoms with E-state index in [-0.39, 0.29) is 19.1 Å². The van der Waals surface area contributed by atoms with E-state index in [0.717, 1.165) is 25.7 Å². The molecule has 0 spiro atoms. The number of imidazole rings is 1. The molecule has 3 rings (SSSR count). The number of carbonyl (C=O) groups is 1. The Labute approximate surface area is 205 Å². The van der Waals surface area contributed by atoms with Crippen LogP contribution in [0.3, 0.4) is 0 Å². The maximum absolute atomic E-state index is 13.1. The van der Waals surface area contributed by atoms with Gasteiger partial charge in [-0.15, -0.1) is 11.6 Å². The summed E-state index contributed by atoms with van der Waals surface area (Å²) in [5.74, 6) is 0.216. The summed E-state index contributed by atoms with van der Waals surface area (Å²) in [7, 11) is 0. The van der Waals surface area contributed by atoms with Gasteiger partial charge >= 0.3 is 0 Å². The standard InChI is InChI=1S/C23H38ClFN4O5/c1-14(24)18(28-23(33)16-6-5-15(7-9-27-16)4-2-3-8-25)22-21(32)20(31)19(30)17(34-22)12-29-11-10-26-13-29/h10-11,13-22,27,30-32H,2-9,12H2,1H3,(H,28,33)/t14-,15-,16-,17?,18+,19-,20?,21?,22+/m0/s1. The number of carbonyl (C=O) groups excluding carboxylic acids is 1. The van der Waals surface area contributed by atoms with Crippen LogP contribution in [0.4, 0.5) is 4.39 Å². The molecule has 194 valence electrons. The molecule has 0 bridgehead atoms. The largest absolute Gasteiger partial charge is 0.388 e. The molecule has 2 saturated heterocycles. The molecule has 5 N–H and O–H groups in total. The average Bonchev–Trinajstić information content (AvgIpc) is 3.21. The van der Waals surface area contributed by atoms with Gasteiger partial charge in [0.15, 0.2) is 0 Å². The fourth-order valence-electron chi connectivity index (χ4n) is 4.90. The first kappa shape index (κ1) is 27.3. The third kappa shape index (κ3) is 7.11. The fraction of sp³-hybridized carbons (Fsp3) is 0.826. The lowest BCUT2D eigenvalue weighted by Gasteiger charge is -2.44. The number of aromatic nitrogens is 2. The molecular formula is C23H38ClFN4O5. The van der Waals surface area contributed by atoms with Crippen molar-refractivity contribution in [3.8, 4) is 0 Å². The third-order valence-corrected chi connectivity index (χ3v) is 7.25.